The fraction of sp³-hybridized carbons (Fsp3) is 0.294. The lowest BCUT2D eigenvalue weighted by atomic mass is 10.0. The molecular weight excluding hydrogens is 298 g/mol. The molecule has 0 aliphatic carbocycles. The zero-order chi connectivity index (χ0) is 13.8. The van der Waals surface area contributed by atoms with E-state index in [1.165, 1.54) is 16.7 Å². The first-order valence-corrected chi connectivity index (χ1v) is 7.44. The van der Waals surface area contributed by atoms with Gasteiger partial charge in [0, 0.05) is 16.6 Å². The predicted octanol–water partition coefficient (Wildman–Crippen LogP) is 5.17. The minimum atomic E-state index is 0.311. The first-order valence-electron chi connectivity index (χ1n) is 6.65. The molecule has 2 aromatic rings. The van der Waals surface area contributed by atoms with Gasteiger partial charge in [-0.15, -0.1) is 0 Å². The third kappa shape index (κ3) is 3.68. The van der Waals surface area contributed by atoms with Crippen LogP contribution in [0.25, 0.3) is 0 Å². The molecule has 2 atom stereocenters. The van der Waals surface area contributed by atoms with E-state index in [-0.39, 0.29) is 0 Å². The molecule has 0 aliphatic heterocycles. The number of halogens is 1. The summed E-state index contributed by atoms with van der Waals surface area (Å²) in [5.41, 5.74) is 3.93. The first-order chi connectivity index (χ1) is 9.08. The standard InChI is InChI=1S/C17H20BrN/c1-12-7-6-8-15(11-12)13(2)19-14(3)16-9-4-5-10-17(16)18/h4-11,13-14,19H,1-3H3/t13?,14-/m0/s1. The molecule has 2 aromatic carbocycles. The predicted molar refractivity (Wildman–Crippen MR) is 85.3 cm³/mol. The summed E-state index contributed by atoms with van der Waals surface area (Å²) in [5.74, 6) is 0. The van der Waals surface area contributed by atoms with Crippen molar-refractivity contribution >= 4 is 15.9 Å². The summed E-state index contributed by atoms with van der Waals surface area (Å²) in [5, 5.41) is 3.65. The van der Waals surface area contributed by atoms with Crippen LogP contribution < -0.4 is 5.32 Å². The molecule has 1 unspecified atom stereocenters. The van der Waals surface area contributed by atoms with Crippen molar-refractivity contribution in [2.24, 2.45) is 0 Å². The summed E-state index contributed by atoms with van der Waals surface area (Å²) in [7, 11) is 0. The van der Waals surface area contributed by atoms with Crippen molar-refractivity contribution < 1.29 is 0 Å². The van der Waals surface area contributed by atoms with Gasteiger partial charge in [-0.1, -0.05) is 64.0 Å². The van der Waals surface area contributed by atoms with Crippen LogP contribution in [0.1, 0.15) is 42.6 Å². The molecule has 1 N–H and O–H groups in total. The molecule has 2 heteroatoms. The molecule has 0 saturated carbocycles. The third-order valence-electron chi connectivity index (χ3n) is 3.41. The van der Waals surface area contributed by atoms with Gasteiger partial charge in [0.15, 0.2) is 0 Å². The summed E-state index contributed by atoms with van der Waals surface area (Å²) in [6.07, 6.45) is 0. The highest BCUT2D eigenvalue weighted by molar-refractivity contribution is 9.10. The van der Waals surface area contributed by atoms with Crippen LogP contribution in [0.15, 0.2) is 53.0 Å². The average molecular weight is 318 g/mol. The van der Waals surface area contributed by atoms with E-state index < -0.39 is 0 Å². The molecule has 0 aliphatic rings. The Bertz CT molecular complexity index is 550. The Labute approximate surface area is 124 Å². The molecule has 0 amide bonds. The number of aryl methyl sites for hydroxylation is 1. The molecule has 0 radical (unpaired) electrons. The number of rotatable bonds is 4. The van der Waals surface area contributed by atoms with Gasteiger partial charge >= 0.3 is 0 Å². The van der Waals surface area contributed by atoms with Crippen molar-refractivity contribution in [3.63, 3.8) is 0 Å². The highest BCUT2D eigenvalue weighted by atomic mass is 79.9. The lowest BCUT2D eigenvalue weighted by Gasteiger charge is -2.22. The lowest BCUT2D eigenvalue weighted by molar-refractivity contribution is 0.493. The largest absolute Gasteiger partial charge is 0.304 e. The van der Waals surface area contributed by atoms with E-state index in [1.54, 1.807) is 0 Å². The van der Waals surface area contributed by atoms with Gasteiger partial charge in [-0.3, -0.25) is 0 Å². The van der Waals surface area contributed by atoms with Crippen molar-refractivity contribution in [1.29, 1.82) is 0 Å². The van der Waals surface area contributed by atoms with Crippen LogP contribution in [0.3, 0.4) is 0 Å². The van der Waals surface area contributed by atoms with Crippen molar-refractivity contribution in [3.8, 4) is 0 Å². The maximum atomic E-state index is 3.65. The van der Waals surface area contributed by atoms with Gasteiger partial charge in [-0.2, -0.15) is 0 Å². The van der Waals surface area contributed by atoms with Gasteiger partial charge in [-0.25, -0.2) is 0 Å². The number of benzene rings is 2. The van der Waals surface area contributed by atoms with E-state index in [0.717, 1.165) is 4.47 Å². The Hall–Kier alpha value is -1.12. The average Bonchev–Trinajstić information content (AvgIpc) is 2.39. The molecule has 1 nitrogen and oxygen atoms in total. The minimum absolute atomic E-state index is 0.311. The molecule has 19 heavy (non-hydrogen) atoms. The number of nitrogens with one attached hydrogen (secondary N) is 1. The molecule has 0 spiro atoms. The van der Waals surface area contributed by atoms with Gasteiger partial charge in [0.2, 0.25) is 0 Å². The molecule has 0 heterocycles. The molecule has 0 aromatic heterocycles. The highest BCUT2D eigenvalue weighted by Crippen LogP contribution is 2.25. The monoisotopic (exact) mass is 317 g/mol. The fourth-order valence-corrected chi connectivity index (χ4v) is 2.95. The number of hydrogen-bond donors (Lipinski definition) is 1. The summed E-state index contributed by atoms with van der Waals surface area (Å²) in [6, 6.07) is 17.7. The van der Waals surface area contributed by atoms with E-state index in [1.807, 2.05) is 6.07 Å². The van der Waals surface area contributed by atoms with Gasteiger partial charge in [0.25, 0.3) is 0 Å². The maximum absolute atomic E-state index is 3.65. The summed E-state index contributed by atoms with van der Waals surface area (Å²) >= 11 is 3.61. The zero-order valence-corrected chi connectivity index (χ0v) is 13.2. The normalized spacial score (nSPS) is 14.1. The van der Waals surface area contributed by atoms with E-state index in [2.05, 4.69) is 84.5 Å². The van der Waals surface area contributed by atoms with Gasteiger partial charge in [0.05, 0.1) is 0 Å². The van der Waals surface area contributed by atoms with Gasteiger partial charge in [0.1, 0.15) is 0 Å². The van der Waals surface area contributed by atoms with Crippen LogP contribution in [-0.2, 0) is 0 Å². The van der Waals surface area contributed by atoms with Crippen LogP contribution in [-0.4, -0.2) is 0 Å². The first kappa shape index (κ1) is 14.3. The van der Waals surface area contributed by atoms with Crippen LogP contribution in [0, 0.1) is 6.92 Å². The van der Waals surface area contributed by atoms with Crippen molar-refractivity contribution in [1.82, 2.24) is 5.32 Å². The van der Waals surface area contributed by atoms with Crippen molar-refractivity contribution in [3.05, 3.63) is 69.7 Å². The van der Waals surface area contributed by atoms with E-state index in [0.29, 0.717) is 12.1 Å². The Morgan fingerprint density at radius 2 is 1.68 bits per heavy atom. The SMILES string of the molecule is Cc1cccc(C(C)N[C@@H](C)c2ccccc2Br)c1. The topological polar surface area (TPSA) is 12.0 Å². The van der Waals surface area contributed by atoms with E-state index in [9.17, 15) is 0 Å². The maximum Gasteiger partial charge on any atom is 0.0308 e. The zero-order valence-electron chi connectivity index (χ0n) is 11.7. The molecule has 100 valence electrons. The molecular formula is C17H20BrN. The molecule has 0 saturated heterocycles. The number of hydrogen-bond acceptors (Lipinski definition) is 1. The second-order valence-corrected chi connectivity index (χ2v) is 5.90. The van der Waals surface area contributed by atoms with Crippen LogP contribution in [0.2, 0.25) is 0 Å². The van der Waals surface area contributed by atoms with E-state index >= 15 is 0 Å². The smallest absolute Gasteiger partial charge is 0.0308 e. The highest BCUT2D eigenvalue weighted by Gasteiger charge is 2.12. The second-order valence-electron chi connectivity index (χ2n) is 5.05. The summed E-state index contributed by atoms with van der Waals surface area (Å²) < 4.78 is 1.16. The Morgan fingerprint density at radius 3 is 2.37 bits per heavy atom. The Balaban J connectivity index is 2.11. The van der Waals surface area contributed by atoms with Crippen LogP contribution >= 0.6 is 15.9 Å². The summed E-state index contributed by atoms with van der Waals surface area (Å²) in [6.45, 7) is 6.54. The van der Waals surface area contributed by atoms with Crippen LogP contribution in [0.4, 0.5) is 0 Å². The van der Waals surface area contributed by atoms with Crippen molar-refractivity contribution in [2.45, 2.75) is 32.9 Å². The van der Waals surface area contributed by atoms with E-state index in [4.69, 9.17) is 0 Å². The van der Waals surface area contributed by atoms with Gasteiger partial charge in [-0.05, 0) is 38.0 Å². The summed E-state index contributed by atoms with van der Waals surface area (Å²) in [4.78, 5) is 0. The third-order valence-corrected chi connectivity index (χ3v) is 4.14. The van der Waals surface area contributed by atoms with Gasteiger partial charge < -0.3 is 5.32 Å². The molecule has 0 bridgehead atoms. The molecule has 2 rings (SSSR count). The Kier molecular flexibility index (Phi) is 4.78. The lowest BCUT2D eigenvalue weighted by Crippen LogP contribution is -2.22. The second kappa shape index (κ2) is 6.36. The Morgan fingerprint density at radius 1 is 0.947 bits per heavy atom. The van der Waals surface area contributed by atoms with Crippen LogP contribution in [0.5, 0.6) is 0 Å². The quantitative estimate of drug-likeness (QED) is 0.820. The van der Waals surface area contributed by atoms with Crippen molar-refractivity contribution in [2.75, 3.05) is 0 Å². The molecule has 0 fully saturated rings. The fourth-order valence-electron chi connectivity index (χ4n) is 2.33. The minimum Gasteiger partial charge on any atom is -0.304 e.